The Morgan fingerprint density at radius 3 is 2.70 bits per heavy atom. The third-order valence-electron chi connectivity index (χ3n) is 2.98. The van der Waals surface area contributed by atoms with Gasteiger partial charge in [-0.25, -0.2) is 4.39 Å². The summed E-state index contributed by atoms with van der Waals surface area (Å²) in [6, 6.07) is 5.80. The minimum Gasteiger partial charge on any atom is -0.330 e. The SMILES string of the molecule is CC(C)C[C@H](CN)CC(=O)Nc1ccc(C#N)cc1F. The molecule has 0 aliphatic carbocycles. The molecule has 20 heavy (non-hydrogen) atoms. The molecular weight excluding hydrogens is 257 g/mol. The normalized spacial score (nSPS) is 12.0. The molecule has 0 saturated heterocycles. The fraction of sp³-hybridized carbons (Fsp3) is 0.467. The van der Waals surface area contributed by atoms with Crippen LogP contribution in [0.4, 0.5) is 10.1 Å². The summed E-state index contributed by atoms with van der Waals surface area (Å²) in [5.41, 5.74) is 5.95. The molecule has 1 rings (SSSR count). The lowest BCUT2D eigenvalue weighted by molar-refractivity contribution is -0.117. The molecule has 1 amide bonds. The Hall–Kier alpha value is -1.93. The molecule has 0 saturated carbocycles. The maximum atomic E-state index is 13.6. The summed E-state index contributed by atoms with van der Waals surface area (Å²) in [5.74, 6) is -0.310. The van der Waals surface area contributed by atoms with E-state index in [1.165, 1.54) is 12.1 Å². The fourth-order valence-electron chi connectivity index (χ4n) is 2.08. The standard InChI is InChI=1S/C15H20FN3O/c1-10(2)5-12(9-18)7-15(20)19-14-4-3-11(8-17)6-13(14)16/h3-4,6,10,12H,5,7,9,18H2,1-2H3,(H,19,20)/t12-/m0/s1. The van der Waals surface area contributed by atoms with Crippen LogP contribution in [0.15, 0.2) is 18.2 Å². The zero-order chi connectivity index (χ0) is 15.1. The first-order chi connectivity index (χ1) is 9.46. The molecule has 4 nitrogen and oxygen atoms in total. The topological polar surface area (TPSA) is 78.9 Å². The van der Waals surface area contributed by atoms with Crippen LogP contribution in [-0.2, 0) is 4.79 Å². The predicted octanol–water partition coefficient (Wildman–Crippen LogP) is 2.65. The van der Waals surface area contributed by atoms with Crippen molar-refractivity contribution in [3.05, 3.63) is 29.6 Å². The molecular formula is C15H20FN3O. The molecule has 3 N–H and O–H groups in total. The highest BCUT2D eigenvalue weighted by Crippen LogP contribution is 2.18. The quantitative estimate of drug-likeness (QED) is 0.839. The van der Waals surface area contributed by atoms with Gasteiger partial charge in [0.1, 0.15) is 5.82 Å². The molecule has 0 aliphatic heterocycles. The third kappa shape index (κ3) is 4.98. The number of halogens is 1. The fourth-order valence-corrected chi connectivity index (χ4v) is 2.08. The Balaban J connectivity index is 2.64. The zero-order valence-corrected chi connectivity index (χ0v) is 11.8. The number of nitrogens with two attached hydrogens (primary N) is 1. The van der Waals surface area contributed by atoms with Crippen LogP contribution in [0, 0.1) is 29.0 Å². The van der Waals surface area contributed by atoms with Gasteiger partial charge >= 0.3 is 0 Å². The first kappa shape index (κ1) is 16.1. The van der Waals surface area contributed by atoms with Crippen molar-refractivity contribution in [3.63, 3.8) is 0 Å². The molecule has 5 heteroatoms. The zero-order valence-electron chi connectivity index (χ0n) is 11.8. The van der Waals surface area contributed by atoms with Crippen LogP contribution in [0.3, 0.4) is 0 Å². The van der Waals surface area contributed by atoms with Gasteiger partial charge in [0, 0.05) is 6.42 Å². The highest BCUT2D eigenvalue weighted by Gasteiger charge is 2.15. The van der Waals surface area contributed by atoms with Crippen LogP contribution in [0.1, 0.15) is 32.3 Å². The van der Waals surface area contributed by atoms with E-state index in [9.17, 15) is 9.18 Å². The molecule has 0 heterocycles. The number of nitriles is 1. The van der Waals surface area contributed by atoms with Crippen molar-refractivity contribution in [2.75, 3.05) is 11.9 Å². The second-order valence-electron chi connectivity index (χ2n) is 5.29. The van der Waals surface area contributed by atoms with Crippen molar-refractivity contribution in [2.24, 2.45) is 17.6 Å². The van der Waals surface area contributed by atoms with E-state index < -0.39 is 5.82 Å². The largest absolute Gasteiger partial charge is 0.330 e. The van der Waals surface area contributed by atoms with Gasteiger partial charge in [-0.2, -0.15) is 5.26 Å². The van der Waals surface area contributed by atoms with Crippen molar-refractivity contribution < 1.29 is 9.18 Å². The Labute approximate surface area is 118 Å². The Morgan fingerprint density at radius 1 is 1.50 bits per heavy atom. The molecule has 0 spiro atoms. The smallest absolute Gasteiger partial charge is 0.224 e. The summed E-state index contributed by atoms with van der Waals surface area (Å²) in [5, 5.41) is 11.2. The van der Waals surface area contributed by atoms with E-state index in [2.05, 4.69) is 19.2 Å². The van der Waals surface area contributed by atoms with Gasteiger partial charge < -0.3 is 11.1 Å². The van der Waals surface area contributed by atoms with Crippen LogP contribution < -0.4 is 11.1 Å². The second-order valence-corrected chi connectivity index (χ2v) is 5.29. The van der Waals surface area contributed by atoms with E-state index in [0.717, 1.165) is 12.5 Å². The number of rotatable bonds is 6. The maximum absolute atomic E-state index is 13.6. The Bertz CT molecular complexity index is 508. The summed E-state index contributed by atoms with van der Waals surface area (Å²) in [6.07, 6.45) is 1.13. The van der Waals surface area contributed by atoms with Crippen LogP contribution in [-0.4, -0.2) is 12.5 Å². The van der Waals surface area contributed by atoms with E-state index >= 15 is 0 Å². The van der Waals surface area contributed by atoms with Crippen LogP contribution in [0.2, 0.25) is 0 Å². The number of carbonyl (C=O) groups is 1. The number of hydrogen-bond acceptors (Lipinski definition) is 3. The molecule has 0 unspecified atom stereocenters. The van der Waals surface area contributed by atoms with Gasteiger partial charge in [-0.05, 0) is 43.0 Å². The van der Waals surface area contributed by atoms with Gasteiger partial charge in [-0.1, -0.05) is 13.8 Å². The lowest BCUT2D eigenvalue weighted by Crippen LogP contribution is -2.23. The molecule has 0 radical (unpaired) electrons. The molecule has 108 valence electrons. The van der Waals surface area contributed by atoms with Gasteiger partial charge in [0.2, 0.25) is 5.91 Å². The summed E-state index contributed by atoms with van der Waals surface area (Å²) in [4.78, 5) is 11.9. The molecule has 1 atom stereocenters. The van der Waals surface area contributed by atoms with Crippen molar-refractivity contribution in [1.82, 2.24) is 0 Å². The highest BCUT2D eigenvalue weighted by atomic mass is 19.1. The van der Waals surface area contributed by atoms with E-state index in [4.69, 9.17) is 11.0 Å². The van der Waals surface area contributed by atoms with E-state index in [1.54, 1.807) is 0 Å². The molecule has 1 aromatic carbocycles. The predicted molar refractivity (Wildman–Crippen MR) is 76.4 cm³/mol. The van der Waals surface area contributed by atoms with Crippen LogP contribution in [0.5, 0.6) is 0 Å². The average molecular weight is 277 g/mol. The lowest BCUT2D eigenvalue weighted by Gasteiger charge is -2.16. The first-order valence-electron chi connectivity index (χ1n) is 6.65. The van der Waals surface area contributed by atoms with E-state index in [1.807, 2.05) is 6.07 Å². The molecule has 1 aromatic rings. The number of benzene rings is 1. The molecule has 0 aromatic heterocycles. The number of nitrogens with one attached hydrogen (secondary N) is 1. The van der Waals surface area contributed by atoms with E-state index in [-0.39, 0.29) is 29.5 Å². The Kier molecular flexibility index (Phi) is 6.13. The van der Waals surface area contributed by atoms with Crippen molar-refractivity contribution in [1.29, 1.82) is 5.26 Å². The summed E-state index contributed by atoms with van der Waals surface area (Å²) in [6.45, 7) is 4.57. The van der Waals surface area contributed by atoms with Gasteiger partial charge in [-0.3, -0.25) is 4.79 Å². The van der Waals surface area contributed by atoms with Crippen molar-refractivity contribution in [2.45, 2.75) is 26.7 Å². The third-order valence-corrected chi connectivity index (χ3v) is 2.98. The van der Waals surface area contributed by atoms with Gasteiger partial charge in [-0.15, -0.1) is 0 Å². The van der Waals surface area contributed by atoms with Crippen molar-refractivity contribution >= 4 is 11.6 Å². The summed E-state index contributed by atoms with van der Waals surface area (Å²) >= 11 is 0. The van der Waals surface area contributed by atoms with E-state index in [0.29, 0.717) is 12.5 Å². The number of amides is 1. The minimum absolute atomic E-state index is 0.0920. The lowest BCUT2D eigenvalue weighted by atomic mass is 9.94. The van der Waals surface area contributed by atoms with Crippen LogP contribution >= 0.6 is 0 Å². The van der Waals surface area contributed by atoms with Gasteiger partial charge in [0.15, 0.2) is 0 Å². The summed E-state index contributed by atoms with van der Waals surface area (Å²) in [7, 11) is 0. The van der Waals surface area contributed by atoms with Crippen LogP contribution in [0.25, 0.3) is 0 Å². The monoisotopic (exact) mass is 277 g/mol. The Morgan fingerprint density at radius 2 is 2.20 bits per heavy atom. The summed E-state index contributed by atoms with van der Waals surface area (Å²) < 4.78 is 13.6. The van der Waals surface area contributed by atoms with Crippen molar-refractivity contribution in [3.8, 4) is 6.07 Å². The molecule has 0 bridgehead atoms. The second kappa shape index (κ2) is 7.61. The average Bonchev–Trinajstić information content (AvgIpc) is 2.39. The highest BCUT2D eigenvalue weighted by molar-refractivity contribution is 5.91. The number of nitrogens with zero attached hydrogens (tertiary/aromatic N) is 1. The van der Waals surface area contributed by atoms with Gasteiger partial charge in [0.05, 0.1) is 17.3 Å². The number of carbonyl (C=O) groups excluding carboxylic acids is 1. The molecule has 0 aliphatic rings. The first-order valence-corrected chi connectivity index (χ1v) is 6.65. The minimum atomic E-state index is -0.606. The number of anilines is 1. The maximum Gasteiger partial charge on any atom is 0.224 e. The number of hydrogen-bond donors (Lipinski definition) is 2. The van der Waals surface area contributed by atoms with Gasteiger partial charge in [0.25, 0.3) is 0 Å². The molecule has 0 fully saturated rings.